The molecule has 0 rings (SSSR count). The number of nitrogens with zero attached hydrogens (tertiary/aromatic N) is 1. The molecule has 0 saturated heterocycles. The van der Waals surface area contributed by atoms with Crippen LogP contribution in [-0.4, -0.2) is 13.1 Å². The Labute approximate surface area is 120 Å². The van der Waals surface area contributed by atoms with Gasteiger partial charge in [-0.15, -0.1) is 13.1 Å². The summed E-state index contributed by atoms with van der Waals surface area (Å²) in [5.41, 5.74) is 0. The van der Waals surface area contributed by atoms with Crippen LogP contribution < -0.4 is 51.4 Å². The maximum absolute atomic E-state index is 4.45. The van der Waals surface area contributed by atoms with Crippen molar-refractivity contribution in [2.75, 3.05) is 13.1 Å². The van der Waals surface area contributed by atoms with Crippen LogP contribution in [0.4, 0.5) is 0 Å². The Morgan fingerprint density at radius 1 is 0.833 bits per heavy atom. The van der Waals surface area contributed by atoms with E-state index in [-0.39, 0.29) is 51.4 Å². The molecule has 12 heavy (non-hydrogen) atoms. The smallest absolute Gasteiger partial charge is 0.662 e. The largest absolute Gasteiger partial charge is 1.00 e. The van der Waals surface area contributed by atoms with Gasteiger partial charge in [0.15, 0.2) is 0 Å². The van der Waals surface area contributed by atoms with Gasteiger partial charge in [-0.25, -0.2) is 0 Å². The first-order valence-corrected chi connectivity index (χ1v) is 4.76. The number of rotatable bonds is 6. The molecule has 0 aliphatic carbocycles. The van der Waals surface area contributed by atoms with Crippen LogP contribution in [0, 0.1) is 11.8 Å². The van der Waals surface area contributed by atoms with Crippen molar-refractivity contribution in [1.82, 2.24) is 0 Å². The quantitative estimate of drug-likeness (QED) is 0.432. The molecule has 0 aromatic carbocycles. The average molecular weight is 195 g/mol. The van der Waals surface area contributed by atoms with Crippen LogP contribution in [0.2, 0.25) is 0 Å². The number of hydrogen-bond donors (Lipinski definition) is 0. The molecular formula is C10H22KN. The minimum absolute atomic E-state index is 0. The van der Waals surface area contributed by atoms with Gasteiger partial charge in [-0.3, -0.25) is 0 Å². The molecule has 0 aliphatic rings. The normalized spacial score (nSPS) is 10.5. The van der Waals surface area contributed by atoms with E-state index in [0.29, 0.717) is 0 Å². The van der Waals surface area contributed by atoms with E-state index in [1.165, 1.54) is 12.8 Å². The second-order valence-electron chi connectivity index (χ2n) is 4.04. The van der Waals surface area contributed by atoms with Gasteiger partial charge in [-0.05, 0) is 11.8 Å². The Kier molecular flexibility index (Phi) is 14.3. The first-order chi connectivity index (χ1) is 5.13. The zero-order valence-electron chi connectivity index (χ0n) is 9.43. The molecule has 0 atom stereocenters. The van der Waals surface area contributed by atoms with E-state index in [4.69, 9.17) is 0 Å². The molecule has 0 amide bonds. The van der Waals surface area contributed by atoms with Crippen molar-refractivity contribution in [1.29, 1.82) is 0 Å². The molecule has 0 saturated carbocycles. The molecule has 0 radical (unpaired) electrons. The predicted molar refractivity (Wildman–Crippen MR) is 52.0 cm³/mol. The maximum atomic E-state index is 4.45. The summed E-state index contributed by atoms with van der Waals surface area (Å²) in [6, 6.07) is 0. The molecule has 0 N–H and O–H groups in total. The molecule has 2 heteroatoms. The Hall–Kier alpha value is 1.60. The van der Waals surface area contributed by atoms with Crippen LogP contribution in [0.15, 0.2) is 0 Å². The van der Waals surface area contributed by atoms with Crippen LogP contribution in [0.1, 0.15) is 40.5 Å². The molecule has 0 heterocycles. The average Bonchev–Trinajstić information content (AvgIpc) is 1.85. The predicted octanol–water partition coefficient (Wildman–Crippen LogP) is 0.456. The van der Waals surface area contributed by atoms with Crippen molar-refractivity contribution in [2.24, 2.45) is 11.8 Å². The summed E-state index contributed by atoms with van der Waals surface area (Å²) in [5, 5.41) is 4.45. The summed E-state index contributed by atoms with van der Waals surface area (Å²) in [6.07, 6.45) is 2.50. The topological polar surface area (TPSA) is 14.1 Å². The van der Waals surface area contributed by atoms with Gasteiger partial charge in [0, 0.05) is 0 Å². The molecule has 0 aliphatic heterocycles. The van der Waals surface area contributed by atoms with E-state index in [1.807, 2.05) is 0 Å². The van der Waals surface area contributed by atoms with E-state index >= 15 is 0 Å². The SMILES string of the molecule is CC(C)CC[N-]CCC(C)C.[K+]. The van der Waals surface area contributed by atoms with E-state index < -0.39 is 0 Å². The Morgan fingerprint density at radius 3 is 1.42 bits per heavy atom. The minimum atomic E-state index is 0. The van der Waals surface area contributed by atoms with Crippen LogP contribution in [-0.2, 0) is 0 Å². The van der Waals surface area contributed by atoms with E-state index in [9.17, 15) is 0 Å². The van der Waals surface area contributed by atoms with Gasteiger partial charge in [-0.2, -0.15) is 0 Å². The molecule has 68 valence electrons. The van der Waals surface area contributed by atoms with Gasteiger partial charge in [-0.1, -0.05) is 40.5 Å². The fraction of sp³-hybridized carbons (Fsp3) is 1.00. The molecule has 0 unspecified atom stereocenters. The van der Waals surface area contributed by atoms with Crippen LogP contribution in [0.3, 0.4) is 0 Å². The second-order valence-corrected chi connectivity index (χ2v) is 4.04. The van der Waals surface area contributed by atoms with Crippen molar-refractivity contribution >= 4 is 0 Å². The summed E-state index contributed by atoms with van der Waals surface area (Å²) in [7, 11) is 0. The van der Waals surface area contributed by atoms with Crippen LogP contribution in [0.5, 0.6) is 0 Å². The van der Waals surface area contributed by atoms with Gasteiger partial charge < -0.3 is 5.32 Å². The van der Waals surface area contributed by atoms with E-state index in [2.05, 4.69) is 33.0 Å². The first kappa shape index (κ1) is 16.0. The summed E-state index contributed by atoms with van der Waals surface area (Å²) < 4.78 is 0. The minimum Gasteiger partial charge on any atom is -0.662 e. The Morgan fingerprint density at radius 2 is 1.17 bits per heavy atom. The zero-order valence-corrected chi connectivity index (χ0v) is 12.6. The third-order valence-electron chi connectivity index (χ3n) is 1.73. The summed E-state index contributed by atoms with van der Waals surface area (Å²) in [4.78, 5) is 0. The van der Waals surface area contributed by atoms with Gasteiger partial charge >= 0.3 is 51.4 Å². The fourth-order valence-corrected chi connectivity index (χ4v) is 0.811. The molecule has 0 aromatic heterocycles. The zero-order chi connectivity index (χ0) is 8.69. The van der Waals surface area contributed by atoms with Crippen molar-refractivity contribution in [2.45, 2.75) is 40.5 Å². The van der Waals surface area contributed by atoms with Gasteiger partial charge in [0.2, 0.25) is 0 Å². The molecule has 1 nitrogen and oxygen atoms in total. The Bertz CT molecular complexity index is 71.9. The van der Waals surface area contributed by atoms with Crippen LogP contribution >= 0.6 is 0 Å². The molecule has 0 fully saturated rings. The third-order valence-corrected chi connectivity index (χ3v) is 1.73. The third kappa shape index (κ3) is 14.1. The first-order valence-electron chi connectivity index (χ1n) is 4.76. The van der Waals surface area contributed by atoms with Crippen molar-refractivity contribution in [3.05, 3.63) is 5.32 Å². The van der Waals surface area contributed by atoms with Crippen LogP contribution in [0.25, 0.3) is 5.32 Å². The second kappa shape index (κ2) is 10.7. The molecule has 0 spiro atoms. The maximum Gasteiger partial charge on any atom is 1.00 e. The monoisotopic (exact) mass is 195 g/mol. The van der Waals surface area contributed by atoms with Gasteiger partial charge in [0.1, 0.15) is 0 Å². The van der Waals surface area contributed by atoms with Gasteiger partial charge in [0.25, 0.3) is 0 Å². The standard InChI is InChI=1S/C10H22N.K/c1-9(2)5-7-11-8-6-10(3)4;/h9-10H,5-8H2,1-4H3;/q-1;+1. The summed E-state index contributed by atoms with van der Waals surface area (Å²) >= 11 is 0. The summed E-state index contributed by atoms with van der Waals surface area (Å²) in [6.45, 7) is 11.1. The van der Waals surface area contributed by atoms with Crippen molar-refractivity contribution in [3.8, 4) is 0 Å². The van der Waals surface area contributed by atoms with Crippen molar-refractivity contribution in [3.63, 3.8) is 0 Å². The van der Waals surface area contributed by atoms with E-state index in [0.717, 1.165) is 24.9 Å². The molecule has 0 bridgehead atoms. The molecule has 0 aromatic rings. The van der Waals surface area contributed by atoms with E-state index in [1.54, 1.807) is 0 Å². The number of hydrogen-bond acceptors (Lipinski definition) is 0. The summed E-state index contributed by atoms with van der Waals surface area (Å²) in [5.74, 6) is 1.61. The fourth-order valence-electron chi connectivity index (χ4n) is 0.811. The molecular weight excluding hydrogens is 173 g/mol. The van der Waals surface area contributed by atoms with Crippen molar-refractivity contribution < 1.29 is 51.4 Å². The van der Waals surface area contributed by atoms with Gasteiger partial charge in [0.05, 0.1) is 0 Å². The Balaban J connectivity index is 0.